The molecule has 0 heterocycles. The van der Waals surface area contributed by atoms with Gasteiger partial charge in [-0.2, -0.15) is 18.2 Å². The monoisotopic (exact) mass is 272 g/mol. The third-order valence-corrected chi connectivity index (χ3v) is 1.11. The first-order valence-electron chi connectivity index (χ1n) is 3.98. The fourth-order valence-corrected chi connectivity index (χ4v) is 0.642. The fourth-order valence-electron chi connectivity index (χ4n) is 0.642. The standard InChI is InChI=1S/2C5H5.CH2O3.Fe.Na.H/c2*1-2-4-5-3-1;2-1(3)4;;;/h2*1-5H;(H2,2,3,4);;;/q-5;-1;;;+1;-1. The molecule has 2 N–H and O–H groups in total. The minimum Gasteiger partial charge on any atom is -1.00 e. The van der Waals surface area contributed by atoms with Crippen LogP contribution in [0.25, 0.3) is 0 Å². The molecule has 0 saturated heterocycles. The average molecular weight is 272 g/mol. The summed E-state index contributed by atoms with van der Waals surface area (Å²) >= 11 is 0. The summed E-state index contributed by atoms with van der Waals surface area (Å²) in [7, 11) is 0. The molecule has 2 rings (SSSR count). The molecule has 0 aliphatic heterocycles. The fraction of sp³-hybridized carbons (Fsp3) is 0. The molecule has 0 unspecified atom stereocenters. The van der Waals surface area contributed by atoms with Crippen molar-refractivity contribution in [3.63, 3.8) is 0 Å². The first-order valence-corrected chi connectivity index (χ1v) is 3.98. The molecule has 90 valence electrons. The SMILES string of the molecule is O=C(O)O.[Fe].[H-].[Na+].[cH-]1[cH-][cH-][cH-][cH-]1.c1cc[cH-]c1. The van der Waals surface area contributed by atoms with Crippen LogP contribution in [0, 0.1) is 0 Å². The molecule has 0 spiro atoms. The molecule has 0 aliphatic rings. The van der Waals surface area contributed by atoms with Crippen molar-refractivity contribution in [3.8, 4) is 0 Å². The molecular weight excluding hydrogens is 259 g/mol. The summed E-state index contributed by atoms with van der Waals surface area (Å²) in [5.41, 5.74) is 0. The van der Waals surface area contributed by atoms with Gasteiger partial charge in [-0.3, -0.25) is 0 Å². The molecule has 0 radical (unpaired) electrons. The molecule has 0 bridgehead atoms. The summed E-state index contributed by atoms with van der Waals surface area (Å²) in [4.78, 5) is 8.56. The topological polar surface area (TPSA) is 57.5 Å². The van der Waals surface area contributed by atoms with Crippen molar-refractivity contribution in [2.75, 3.05) is 0 Å². The van der Waals surface area contributed by atoms with E-state index in [0.29, 0.717) is 0 Å². The summed E-state index contributed by atoms with van der Waals surface area (Å²) in [6.07, 6.45) is -1.83. The minimum atomic E-state index is -1.83. The van der Waals surface area contributed by atoms with Gasteiger partial charge in [0.05, 0.1) is 0 Å². The number of hydrogen-bond donors (Lipinski definition) is 2. The molecule has 0 amide bonds. The number of hydrogen-bond acceptors (Lipinski definition) is 1. The Morgan fingerprint density at radius 2 is 1.19 bits per heavy atom. The van der Waals surface area contributed by atoms with Crippen LogP contribution < -0.4 is 29.6 Å². The van der Waals surface area contributed by atoms with E-state index in [1.165, 1.54) is 0 Å². The molecule has 0 atom stereocenters. The van der Waals surface area contributed by atoms with Gasteiger partial charge in [-0.05, 0) is 0 Å². The molecule has 2 aromatic rings. The molecule has 0 saturated carbocycles. The molecule has 2 aromatic carbocycles. The predicted octanol–water partition coefficient (Wildman–Crippen LogP) is 0.147. The van der Waals surface area contributed by atoms with Gasteiger partial charge in [0.25, 0.3) is 0 Å². The van der Waals surface area contributed by atoms with Crippen molar-refractivity contribution in [2.45, 2.75) is 0 Å². The van der Waals surface area contributed by atoms with Gasteiger partial charge in [0.2, 0.25) is 0 Å². The average Bonchev–Trinajstić information content (AvgIpc) is 2.83. The van der Waals surface area contributed by atoms with Crippen molar-refractivity contribution in [1.29, 1.82) is 0 Å². The first kappa shape index (κ1) is 20.8. The van der Waals surface area contributed by atoms with Gasteiger partial charge >= 0.3 is 35.7 Å². The van der Waals surface area contributed by atoms with Gasteiger partial charge in [-0.25, -0.2) is 16.9 Å². The number of carbonyl (C=O) groups is 1. The number of rotatable bonds is 0. The smallest absolute Gasteiger partial charge is 1.00 e. The maximum atomic E-state index is 8.56. The van der Waals surface area contributed by atoms with Crippen molar-refractivity contribution < 1.29 is 63.1 Å². The largest absolute Gasteiger partial charge is 1.00 e. The van der Waals surface area contributed by atoms with Crippen LogP contribution in [0.3, 0.4) is 0 Å². The Kier molecular flexibility index (Phi) is 22.0. The third-order valence-electron chi connectivity index (χ3n) is 1.11. The maximum absolute atomic E-state index is 8.56. The Labute approximate surface area is 129 Å². The second-order valence-corrected chi connectivity index (χ2v) is 2.21. The second-order valence-electron chi connectivity index (χ2n) is 2.21. The van der Waals surface area contributed by atoms with E-state index < -0.39 is 6.16 Å². The van der Waals surface area contributed by atoms with Crippen LogP contribution >= 0.6 is 0 Å². The second kappa shape index (κ2) is 16.9. The summed E-state index contributed by atoms with van der Waals surface area (Å²) < 4.78 is 0. The van der Waals surface area contributed by atoms with Gasteiger partial charge in [0.1, 0.15) is 0 Å². The normalized spacial score (nSPS) is 6.50. The van der Waals surface area contributed by atoms with E-state index in [9.17, 15) is 0 Å². The van der Waals surface area contributed by atoms with Crippen LogP contribution in [-0.2, 0) is 17.1 Å². The zero-order valence-corrected chi connectivity index (χ0v) is 12.0. The van der Waals surface area contributed by atoms with Crippen molar-refractivity contribution >= 4 is 6.16 Å². The van der Waals surface area contributed by atoms with Gasteiger partial charge < -0.3 is 42.0 Å². The molecule has 3 nitrogen and oxygen atoms in total. The minimum absolute atomic E-state index is 0. The molecule has 0 aliphatic carbocycles. The molecule has 5 heteroatoms. The summed E-state index contributed by atoms with van der Waals surface area (Å²) in [5.74, 6) is 0. The molecule has 0 fully saturated rings. The third kappa shape index (κ3) is 23.4. The Hall–Kier alpha value is -0.511. The summed E-state index contributed by atoms with van der Waals surface area (Å²) in [6.45, 7) is 0. The van der Waals surface area contributed by atoms with Gasteiger partial charge in [0.15, 0.2) is 0 Å². The van der Waals surface area contributed by atoms with Crippen LogP contribution in [-0.4, -0.2) is 16.4 Å². The van der Waals surface area contributed by atoms with Gasteiger partial charge in [0, 0.05) is 17.1 Å². The van der Waals surface area contributed by atoms with Gasteiger partial charge in [-0.15, -0.1) is 0 Å². The van der Waals surface area contributed by atoms with Crippen LogP contribution in [0.15, 0.2) is 60.7 Å². The van der Waals surface area contributed by atoms with E-state index in [4.69, 9.17) is 15.0 Å². The zero-order chi connectivity index (χ0) is 10.6. The predicted molar refractivity (Wildman–Crippen MR) is 55.8 cm³/mol. The molecular formula is C11H13FeNaO3-6. The van der Waals surface area contributed by atoms with E-state index >= 15 is 0 Å². The first-order chi connectivity index (χ1) is 6.73. The van der Waals surface area contributed by atoms with E-state index in [1.807, 2.05) is 60.7 Å². The molecule has 0 aromatic heterocycles. The Morgan fingerprint density at radius 3 is 1.31 bits per heavy atom. The molecule has 16 heavy (non-hydrogen) atoms. The van der Waals surface area contributed by atoms with Crippen molar-refractivity contribution in [1.82, 2.24) is 0 Å². The van der Waals surface area contributed by atoms with Crippen LogP contribution in [0.1, 0.15) is 1.43 Å². The zero-order valence-electron chi connectivity index (χ0n) is 9.93. The maximum Gasteiger partial charge on any atom is 1.00 e. The van der Waals surface area contributed by atoms with Crippen molar-refractivity contribution in [2.24, 2.45) is 0 Å². The Balaban J connectivity index is -0.0000000692. The van der Waals surface area contributed by atoms with E-state index in [2.05, 4.69) is 0 Å². The quantitative estimate of drug-likeness (QED) is 0.530. The van der Waals surface area contributed by atoms with E-state index in [0.717, 1.165) is 0 Å². The Morgan fingerprint density at radius 1 is 0.938 bits per heavy atom. The van der Waals surface area contributed by atoms with Crippen LogP contribution in [0.2, 0.25) is 0 Å². The summed E-state index contributed by atoms with van der Waals surface area (Å²) in [5, 5.41) is 13.9. The van der Waals surface area contributed by atoms with Crippen LogP contribution in [0.4, 0.5) is 4.79 Å². The summed E-state index contributed by atoms with van der Waals surface area (Å²) in [6, 6.07) is 20.0. The Bertz CT molecular complexity index is 234. The van der Waals surface area contributed by atoms with E-state index in [1.54, 1.807) is 0 Å². The van der Waals surface area contributed by atoms with Crippen molar-refractivity contribution in [3.05, 3.63) is 60.7 Å². The van der Waals surface area contributed by atoms with Gasteiger partial charge in [-0.1, -0.05) is 0 Å². The number of carboxylic acid groups (broad SMARTS) is 2. The van der Waals surface area contributed by atoms with E-state index in [-0.39, 0.29) is 48.1 Å². The van der Waals surface area contributed by atoms with Crippen LogP contribution in [0.5, 0.6) is 0 Å².